The molecular weight excluding hydrogens is 559 g/mol. The van der Waals surface area contributed by atoms with Crippen LogP contribution in [0.1, 0.15) is 54.5 Å². The average Bonchev–Trinajstić information content (AvgIpc) is 3.32. The second-order valence-corrected chi connectivity index (χ2v) is 10.4. The van der Waals surface area contributed by atoms with Gasteiger partial charge in [0.15, 0.2) is 0 Å². The molecule has 0 aliphatic carbocycles. The third-order valence-corrected chi connectivity index (χ3v) is 6.97. The minimum atomic E-state index is -1.18. The first kappa shape index (κ1) is 31.5. The van der Waals surface area contributed by atoms with Crippen LogP contribution in [0.4, 0.5) is 13.2 Å². The monoisotopic (exact) mass is 591 g/mol. The molecule has 0 saturated heterocycles. The first-order chi connectivity index (χ1) is 20.5. The average molecular weight is 592 g/mol. The molecule has 0 bridgehead atoms. The third-order valence-electron chi connectivity index (χ3n) is 6.97. The van der Waals surface area contributed by atoms with E-state index in [1.807, 2.05) is 13.8 Å². The Kier molecular flexibility index (Phi) is 10.0. The van der Waals surface area contributed by atoms with Crippen LogP contribution in [0.15, 0.2) is 78.9 Å². The van der Waals surface area contributed by atoms with E-state index in [2.05, 4.69) is 4.74 Å². The highest BCUT2D eigenvalue weighted by Crippen LogP contribution is 2.43. The smallest absolute Gasteiger partial charge is 0.308 e. The van der Waals surface area contributed by atoms with Gasteiger partial charge in [0.2, 0.25) is 5.78 Å². The van der Waals surface area contributed by atoms with Crippen molar-refractivity contribution in [1.29, 1.82) is 0 Å². The molecule has 224 valence electrons. The van der Waals surface area contributed by atoms with Gasteiger partial charge in [-0.2, -0.15) is 0 Å². The maximum Gasteiger partial charge on any atom is 0.308 e. The van der Waals surface area contributed by atoms with Gasteiger partial charge in [-0.15, -0.1) is 0 Å². The summed E-state index contributed by atoms with van der Waals surface area (Å²) in [5.74, 6) is -2.50. The molecule has 43 heavy (non-hydrogen) atoms. The molecular formula is C34H32F3NO5. The molecule has 0 amide bonds. The number of aliphatic hydroxyl groups is 2. The quantitative estimate of drug-likeness (QED) is 0.149. The van der Waals surface area contributed by atoms with Crippen molar-refractivity contribution in [2.75, 3.05) is 7.11 Å². The number of nitrogens with zero attached hydrogens (tertiary/aromatic N) is 1. The van der Waals surface area contributed by atoms with Gasteiger partial charge in [0.1, 0.15) is 17.5 Å². The zero-order chi connectivity index (χ0) is 31.3. The summed E-state index contributed by atoms with van der Waals surface area (Å²) in [6.45, 7) is 3.72. The highest BCUT2D eigenvalue weighted by molar-refractivity contribution is 6.15. The van der Waals surface area contributed by atoms with E-state index in [-0.39, 0.29) is 30.1 Å². The summed E-state index contributed by atoms with van der Waals surface area (Å²) in [6.07, 6.45) is 0.236. The number of hydrogen-bond donors (Lipinski definition) is 2. The van der Waals surface area contributed by atoms with Crippen molar-refractivity contribution in [1.82, 2.24) is 4.57 Å². The van der Waals surface area contributed by atoms with Crippen LogP contribution in [0, 0.1) is 17.5 Å². The van der Waals surface area contributed by atoms with Gasteiger partial charge in [0.25, 0.3) is 0 Å². The van der Waals surface area contributed by atoms with Gasteiger partial charge in [-0.05, 0) is 79.6 Å². The van der Waals surface area contributed by atoms with E-state index in [1.54, 1.807) is 22.8 Å². The second kappa shape index (κ2) is 13.7. The lowest BCUT2D eigenvalue weighted by molar-refractivity contribution is -0.143. The van der Waals surface area contributed by atoms with E-state index in [1.165, 1.54) is 73.8 Å². The van der Waals surface area contributed by atoms with Crippen molar-refractivity contribution >= 4 is 17.8 Å². The summed E-state index contributed by atoms with van der Waals surface area (Å²) >= 11 is 0. The van der Waals surface area contributed by atoms with Gasteiger partial charge in [0, 0.05) is 34.8 Å². The Morgan fingerprint density at radius 2 is 1.30 bits per heavy atom. The number of ketones is 1. The summed E-state index contributed by atoms with van der Waals surface area (Å²) in [6, 6.07) is 16.1. The predicted molar refractivity (Wildman–Crippen MR) is 158 cm³/mol. The third kappa shape index (κ3) is 7.31. The second-order valence-electron chi connectivity index (χ2n) is 10.4. The van der Waals surface area contributed by atoms with Crippen molar-refractivity contribution in [3.8, 4) is 22.3 Å². The van der Waals surface area contributed by atoms with Gasteiger partial charge < -0.3 is 19.5 Å². The summed E-state index contributed by atoms with van der Waals surface area (Å²) in [5.41, 5.74) is 2.94. The van der Waals surface area contributed by atoms with Gasteiger partial charge in [-0.3, -0.25) is 9.59 Å². The highest BCUT2D eigenvalue weighted by Gasteiger charge is 2.30. The number of halogens is 3. The number of carbonyl (C=O) groups excluding carboxylic acids is 2. The maximum atomic E-state index is 14.2. The van der Waals surface area contributed by atoms with Crippen LogP contribution < -0.4 is 0 Å². The summed E-state index contributed by atoms with van der Waals surface area (Å²) in [5, 5.41) is 20.9. The van der Waals surface area contributed by atoms with Crippen LogP contribution in [0.3, 0.4) is 0 Å². The lowest BCUT2D eigenvalue weighted by atomic mass is 9.92. The molecule has 3 aromatic carbocycles. The fraction of sp³-hybridized carbons (Fsp3) is 0.235. The molecule has 4 rings (SSSR count). The van der Waals surface area contributed by atoms with Crippen LogP contribution in [-0.4, -0.2) is 45.9 Å². The number of esters is 1. The summed E-state index contributed by atoms with van der Waals surface area (Å²) in [4.78, 5) is 25.7. The fourth-order valence-corrected chi connectivity index (χ4v) is 4.99. The molecule has 0 unspecified atom stereocenters. The van der Waals surface area contributed by atoms with E-state index in [0.29, 0.717) is 27.9 Å². The Hall–Kier alpha value is -4.47. The number of rotatable bonds is 11. The molecule has 0 spiro atoms. The van der Waals surface area contributed by atoms with Crippen molar-refractivity contribution in [2.45, 2.75) is 44.9 Å². The van der Waals surface area contributed by atoms with Crippen LogP contribution in [-0.2, 0) is 9.53 Å². The van der Waals surface area contributed by atoms with Crippen molar-refractivity contribution in [3.05, 3.63) is 113 Å². The number of carbonyl (C=O) groups is 2. The van der Waals surface area contributed by atoms with Gasteiger partial charge in [-0.1, -0.05) is 30.3 Å². The van der Waals surface area contributed by atoms with E-state index in [4.69, 9.17) is 0 Å². The maximum absolute atomic E-state index is 14.2. The van der Waals surface area contributed by atoms with E-state index in [9.17, 15) is 33.0 Å². The molecule has 1 heterocycles. The Balaban J connectivity index is 1.99. The Morgan fingerprint density at radius 1 is 0.814 bits per heavy atom. The molecule has 2 N–H and O–H groups in total. The first-order valence-corrected chi connectivity index (χ1v) is 13.7. The van der Waals surface area contributed by atoms with Crippen LogP contribution in [0.2, 0.25) is 0 Å². The number of aliphatic hydroxyl groups excluding tert-OH is 2. The summed E-state index contributed by atoms with van der Waals surface area (Å²) in [7, 11) is 1.20. The zero-order valence-corrected chi connectivity index (χ0v) is 23.9. The van der Waals surface area contributed by atoms with Gasteiger partial charge in [0.05, 0.1) is 31.4 Å². The molecule has 6 nitrogen and oxygen atoms in total. The number of aromatic nitrogens is 1. The molecule has 0 saturated carbocycles. The van der Waals surface area contributed by atoms with Crippen molar-refractivity contribution in [3.63, 3.8) is 0 Å². The molecule has 0 aliphatic heterocycles. The minimum absolute atomic E-state index is 0.161. The molecule has 0 aliphatic rings. The Bertz CT molecular complexity index is 1610. The van der Waals surface area contributed by atoms with E-state index >= 15 is 0 Å². The largest absolute Gasteiger partial charge is 0.469 e. The number of benzene rings is 3. The lowest BCUT2D eigenvalue weighted by Gasteiger charge is -2.17. The van der Waals surface area contributed by atoms with Gasteiger partial charge in [-0.25, -0.2) is 13.2 Å². The predicted octanol–water partition coefficient (Wildman–Crippen LogP) is 6.74. The van der Waals surface area contributed by atoms with Crippen molar-refractivity contribution in [2.24, 2.45) is 0 Å². The molecule has 2 atom stereocenters. The normalized spacial score (nSPS) is 13.0. The fourth-order valence-electron chi connectivity index (χ4n) is 4.99. The van der Waals surface area contributed by atoms with Crippen molar-refractivity contribution < 1.29 is 37.7 Å². The number of hydrogen-bond acceptors (Lipinski definition) is 5. The Labute approximate surface area is 247 Å². The van der Waals surface area contributed by atoms with Crippen LogP contribution in [0.25, 0.3) is 28.3 Å². The molecule has 9 heteroatoms. The van der Waals surface area contributed by atoms with E-state index < -0.39 is 41.4 Å². The minimum Gasteiger partial charge on any atom is -0.469 e. The van der Waals surface area contributed by atoms with Crippen LogP contribution >= 0.6 is 0 Å². The summed E-state index contributed by atoms with van der Waals surface area (Å²) < 4.78 is 48.1. The molecule has 0 fully saturated rings. The Morgan fingerprint density at radius 3 is 1.79 bits per heavy atom. The van der Waals surface area contributed by atoms with Gasteiger partial charge >= 0.3 is 5.97 Å². The van der Waals surface area contributed by atoms with E-state index in [0.717, 1.165) is 0 Å². The topological polar surface area (TPSA) is 88.8 Å². The molecule has 1 aromatic heterocycles. The standard InChI is InChI=1S/C34H32F3NO5/c1-20(2)38-29(17-16-27(39)18-28(40)19-30(41)43-3)31(21-4-10-24(35)11-5-21)32(22-6-12-25(36)13-7-22)33(38)34(42)23-8-14-26(37)15-9-23/h4-17,20,27-28,39-40H,18-19H2,1-3H3/b17-16+/t27-,28-/m1/s1. The zero-order valence-electron chi connectivity index (χ0n) is 23.9. The van der Waals surface area contributed by atoms with Crippen LogP contribution in [0.5, 0.6) is 0 Å². The lowest BCUT2D eigenvalue weighted by Crippen LogP contribution is -2.20. The number of methoxy groups -OCH3 is 1. The highest BCUT2D eigenvalue weighted by atomic mass is 19.1. The SMILES string of the molecule is COC(=O)C[C@H](O)C[C@H](O)/C=C/c1c(-c2ccc(F)cc2)c(-c2ccc(F)cc2)c(C(=O)c2ccc(F)cc2)n1C(C)C. The molecule has 4 aromatic rings. The number of ether oxygens (including phenoxy) is 1. The molecule has 0 radical (unpaired) electrons. The first-order valence-electron chi connectivity index (χ1n) is 13.7.